The number of hydrogen-bond acceptors (Lipinski definition) is 2. The van der Waals surface area contributed by atoms with E-state index in [1.807, 2.05) is 0 Å². The van der Waals surface area contributed by atoms with Gasteiger partial charge in [-0.25, -0.2) is 0 Å². The fourth-order valence-electron chi connectivity index (χ4n) is 2.73. The Bertz CT molecular complexity index is 518. The molecule has 0 aromatic heterocycles. The SMILES string of the molecule is Cc1ccc(N(C)CCCCCN(C)c2ccc(C)cc2)cc1. The average Bonchev–Trinajstić information content (AvgIpc) is 2.55. The van der Waals surface area contributed by atoms with Crippen molar-refractivity contribution in [1.29, 1.82) is 0 Å². The summed E-state index contributed by atoms with van der Waals surface area (Å²) in [7, 11) is 4.37. The molecule has 0 heterocycles. The first-order valence-electron chi connectivity index (χ1n) is 8.62. The molecule has 2 aromatic rings. The summed E-state index contributed by atoms with van der Waals surface area (Å²) in [6, 6.07) is 17.6. The summed E-state index contributed by atoms with van der Waals surface area (Å²) in [5.74, 6) is 0. The summed E-state index contributed by atoms with van der Waals surface area (Å²) < 4.78 is 0. The minimum atomic E-state index is 1.12. The van der Waals surface area contributed by atoms with E-state index in [4.69, 9.17) is 0 Å². The fourth-order valence-corrected chi connectivity index (χ4v) is 2.73. The average molecular weight is 310 g/mol. The predicted octanol–water partition coefficient (Wildman–Crippen LogP) is 5.05. The molecule has 0 saturated heterocycles. The van der Waals surface area contributed by atoms with Crippen molar-refractivity contribution < 1.29 is 0 Å². The second kappa shape index (κ2) is 8.61. The Labute approximate surface area is 141 Å². The molecule has 0 unspecified atom stereocenters. The zero-order chi connectivity index (χ0) is 16.7. The van der Waals surface area contributed by atoms with Gasteiger partial charge < -0.3 is 9.80 Å². The Morgan fingerprint density at radius 3 is 1.26 bits per heavy atom. The second-order valence-corrected chi connectivity index (χ2v) is 6.57. The van der Waals surface area contributed by atoms with Crippen LogP contribution in [0.3, 0.4) is 0 Å². The third-order valence-electron chi connectivity index (χ3n) is 4.44. The van der Waals surface area contributed by atoms with Gasteiger partial charge in [0.05, 0.1) is 0 Å². The van der Waals surface area contributed by atoms with E-state index in [9.17, 15) is 0 Å². The molecule has 0 aliphatic rings. The van der Waals surface area contributed by atoms with Crippen LogP contribution in [-0.4, -0.2) is 27.2 Å². The highest BCUT2D eigenvalue weighted by Gasteiger charge is 2.02. The van der Waals surface area contributed by atoms with Crippen molar-refractivity contribution in [1.82, 2.24) is 0 Å². The van der Waals surface area contributed by atoms with E-state index >= 15 is 0 Å². The summed E-state index contributed by atoms with van der Waals surface area (Å²) in [4.78, 5) is 4.70. The summed E-state index contributed by atoms with van der Waals surface area (Å²) in [6.07, 6.45) is 3.75. The summed E-state index contributed by atoms with van der Waals surface area (Å²) in [6.45, 7) is 6.51. The van der Waals surface area contributed by atoms with Crippen LogP contribution in [-0.2, 0) is 0 Å². The molecule has 124 valence electrons. The number of unbranched alkanes of at least 4 members (excludes halogenated alkanes) is 2. The largest absolute Gasteiger partial charge is 0.375 e. The predicted molar refractivity (Wildman–Crippen MR) is 103 cm³/mol. The van der Waals surface area contributed by atoms with E-state index in [0.717, 1.165) is 13.1 Å². The van der Waals surface area contributed by atoms with Gasteiger partial charge in [-0.15, -0.1) is 0 Å². The molecule has 23 heavy (non-hydrogen) atoms. The van der Waals surface area contributed by atoms with Crippen molar-refractivity contribution in [3.8, 4) is 0 Å². The zero-order valence-corrected chi connectivity index (χ0v) is 15.0. The van der Waals surface area contributed by atoms with Gasteiger partial charge in [0, 0.05) is 38.6 Å². The van der Waals surface area contributed by atoms with Gasteiger partial charge in [0.1, 0.15) is 0 Å². The molecule has 2 nitrogen and oxygen atoms in total. The van der Waals surface area contributed by atoms with Gasteiger partial charge in [-0.1, -0.05) is 35.4 Å². The second-order valence-electron chi connectivity index (χ2n) is 6.57. The molecule has 2 rings (SSSR count). The van der Waals surface area contributed by atoms with Gasteiger partial charge in [0.25, 0.3) is 0 Å². The smallest absolute Gasteiger partial charge is 0.0363 e. The third-order valence-corrected chi connectivity index (χ3v) is 4.44. The van der Waals surface area contributed by atoms with Gasteiger partial charge >= 0.3 is 0 Å². The van der Waals surface area contributed by atoms with Crippen LogP contribution in [0.4, 0.5) is 11.4 Å². The fraction of sp³-hybridized carbons (Fsp3) is 0.429. The first-order valence-corrected chi connectivity index (χ1v) is 8.62. The van der Waals surface area contributed by atoms with Crippen LogP contribution < -0.4 is 9.80 Å². The molecule has 0 bridgehead atoms. The molecule has 0 spiro atoms. The maximum absolute atomic E-state index is 2.35. The Balaban J connectivity index is 1.65. The minimum absolute atomic E-state index is 1.12. The molecule has 0 saturated carbocycles. The lowest BCUT2D eigenvalue weighted by Gasteiger charge is -2.21. The standard InChI is InChI=1S/C21H30N2/c1-18-8-12-20(13-9-18)22(3)16-6-5-7-17-23(4)21-14-10-19(2)11-15-21/h8-15H,5-7,16-17H2,1-4H3. The highest BCUT2D eigenvalue weighted by atomic mass is 15.1. The van der Waals surface area contributed by atoms with E-state index in [1.165, 1.54) is 41.8 Å². The van der Waals surface area contributed by atoms with E-state index < -0.39 is 0 Å². The maximum atomic E-state index is 2.35. The molecule has 0 radical (unpaired) electrons. The van der Waals surface area contributed by atoms with Crippen molar-refractivity contribution in [2.75, 3.05) is 37.0 Å². The normalized spacial score (nSPS) is 10.6. The van der Waals surface area contributed by atoms with Crippen LogP contribution in [0, 0.1) is 13.8 Å². The Kier molecular flexibility index (Phi) is 6.52. The molecular formula is C21H30N2. The number of anilines is 2. The number of rotatable bonds is 8. The monoisotopic (exact) mass is 310 g/mol. The maximum Gasteiger partial charge on any atom is 0.0363 e. The first kappa shape index (κ1) is 17.4. The Hall–Kier alpha value is -1.96. The van der Waals surface area contributed by atoms with Crippen LogP contribution in [0.15, 0.2) is 48.5 Å². The Morgan fingerprint density at radius 2 is 0.913 bits per heavy atom. The van der Waals surface area contributed by atoms with Gasteiger partial charge in [0.15, 0.2) is 0 Å². The summed E-state index contributed by atoms with van der Waals surface area (Å²) >= 11 is 0. The molecule has 0 atom stereocenters. The molecule has 0 aliphatic carbocycles. The van der Waals surface area contributed by atoms with Crippen molar-refractivity contribution in [2.45, 2.75) is 33.1 Å². The quantitative estimate of drug-likeness (QED) is 0.630. The highest BCUT2D eigenvalue weighted by molar-refractivity contribution is 5.47. The van der Waals surface area contributed by atoms with Crippen LogP contribution in [0.1, 0.15) is 30.4 Å². The lowest BCUT2D eigenvalue weighted by molar-refractivity contribution is 0.666. The molecule has 0 aliphatic heterocycles. The highest BCUT2D eigenvalue weighted by Crippen LogP contribution is 2.16. The van der Waals surface area contributed by atoms with Crippen molar-refractivity contribution in [3.63, 3.8) is 0 Å². The van der Waals surface area contributed by atoms with E-state index in [1.54, 1.807) is 0 Å². The van der Waals surface area contributed by atoms with Gasteiger partial charge in [-0.05, 0) is 57.4 Å². The lowest BCUT2D eigenvalue weighted by atomic mass is 10.2. The first-order chi connectivity index (χ1) is 11.1. The van der Waals surface area contributed by atoms with E-state index in [0.29, 0.717) is 0 Å². The molecule has 0 amide bonds. The lowest BCUT2D eigenvalue weighted by Crippen LogP contribution is -2.20. The topological polar surface area (TPSA) is 6.48 Å². The van der Waals surface area contributed by atoms with E-state index in [2.05, 4.69) is 86.3 Å². The molecule has 2 aromatic carbocycles. The zero-order valence-electron chi connectivity index (χ0n) is 15.0. The molecule has 2 heteroatoms. The molecular weight excluding hydrogens is 280 g/mol. The van der Waals surface area contributed by atoms with Crippen LogP contribution in [0.5, 0.6) is 0 Å². The Morgan fingerprint density at radius 1 is 0.565 bits per heavy atom. The van der Waals surface area contributed by atoms with Crippen molar-refractivity contribution in [2.24, 2.45) is 0 Å². The molecule has 0 fully saturated rings. The van der Waals surface area contributed by atoms with Gasteiger partial charge in [-0.3, -0.25) is 0 Å². The third kappa shape index (κ3) is 5.63. The van der Waals surface area contributed by atoms with Crippen molar-refractivity contribution in [3.05, 3.63) is 59.7 Å². The number of aryl methyl sites for hydroxylation is 2. The number of nitrogens with zero attached hydrogens (tertiary/aromatic N) is 2. The van der Waals surface area contributed by atoms with E-state index in [-0.39, 0.29) is 0 Å². The summed E-state index contributed by atoms with van der Waals surface area (Å²) in [5, 5.41) is 0. The van der Waals surface area contributed by atoms with Crippen LogP contribution >= 0.6 is 0 Å². The number of benzene rings is 2. The van der Waals surface area contributed by atoms with Crippen LogP contribution in [0.25, 0.3) is 0 Å². The molecule has 0 N–H and O–H groups in total. The minimum Gasteiger partial charge on any atom is -0.375 e. The van der Waals surface area contributed by atoms with Crippen molar-refractivity contribution >= 4 is 11.4 Å². The van der Waals surface area contributed by atoms with Gasteiger partial charge in [0.2, 0.25) is 0 Å². The number of hydrogen-bond donors (Lipinski definition) is 0. The van der Waals surface area contributed by atoms with Crippen LogP contribution in [0.2, 0.25) is 0 Å². The van der Waals surface area contributed by atoms with Gasteiger partial charge in [-0.2, -0.15) is 0 Å². The summed E-state index contributed by atoms with van der Waals surface area (Å²) in [5.41, 5.74) is 5.27.